The third kappa shape index (κ3) is 4.54. The van der Waals surface area contributed by atoms with Crippen molar-refractivity contribution in [3.63, 3.8) is 0 Å². The second-order valence-corrected chi connectivity index (χ2v) is 9.31. The molecule has 1 N–H and O–H groups in total. The molecule has 0 radical (unpaired) electrons. The van der Waals surface area contributed by atoms with Crippen molar-refractivity contribution in [2.24, 2.45) is 0 Å². The van der Waals surface area contributed by atoms with E-state index in [-0.39, 0.29) is 9.79 Å². The lowest BCUT2D eigenvalue weighted by Gasteiger charge is -2.15. The van der Waals surface area contributed by atoms with E-state index in [9.17, 15) is 16.8 Å². The van der Waals surface area contributed by atoms with E-state index in [1.807, 2.05) is 0 Å². The number of rotatable bonds is 5. The number of benzene rings is 2. The van der Waals surface area contributed by atoms with E-state index in [0.717, 1.165) is 6.26 Å². The summed E-state index contributed by atoms with van der Waals surface area (Å²) in [6.45, 7) is 1.68. The summed E-state index contributed by atoms with van der Waals surface area (Å²) in [6.07, 6.45) is 1.12. The van der Waals surface area contributed by atoms with Crippen LogP contribution in [0.3, 0.4) is 0 Å². The monoisotopic (exact) mass is 373 g/mol. The van der Waals surface area contributed by atoms with Crippen molar-refractivity contribution in [3.8, 4) is 0 Å². The fraction of sp³-hybridized carbons (Fsp3) is 0.200. The zero-order valence-corrected chi connectivity index (χ0v) is 14.9. The summed E-state index contributed by atoms with van der Waals surface area (Å²) in [7, 11) is -7.00. The lowest BCUT2D eigenvalue weighted by molar-refractivity contribution is 0.566. The van der Waals surface area contributed by atoms with Gasteiger partial charge in [-0.1, -0.05) is 29.8 Å². The van der Waals surface area contributed by atoms with E-state index in [0.29, 0.717) is 10.6 Å². The second kappa shape index (κ2) is 6.60. The largest absolute Gasteiger partial charge is 0.241 e. The minimum atomic E-state index is -3.72. The maximum atomic E-state index is 12.3. The molecule has 2 aromatic carbocycles. The summed E-state index contributed by atoms with van der Waals surface area (Å²) in [6, 6.07) is 11.5. The van der Waals surface area contributed by atoms with Crippen LogP contribution in [0.25, 0.3) is 0 Å². The average Bonchev–Trinajstić information content (AvgIpc) is 2.46. The van der Waals surface area contributed by atoms with Gasteiger partial charge in [0.25, 0.3) is 0 Å². The van der Waals surface area contributed by atoms with Crippen LogP contribution in [0.1, 0.15) is 18.5 Å². The van der Waals surface area contributed by atoms with Crippen molar-refractivity contribution in [3.05, 3.63) is 59.1 Å². The van der Waals surface area contributed by atoms with Crippen LogP contribution in [0.5, 0.6) is 0 Å². The SMILES string of the molecule is CC(NS(=O)(=O)c1cccc(Cl)c1)c1ccc(S(C)(=O)=O)cc1. The molecule has 0 amide bonds. The topological polar surface area (TPSA) is 80.3 Å². The van der Waals surface area contributed by atoms with Gasteiger partial charge in [-0.25, -0.2) is 21.6 Å². The lowest BCUT2D eigenvalue weighted by atomic mass is 10.1. The predicted octanol–water partition coefficient (Wildman–Crippen LogP) is 2.78. The smallest absolute Gasteiger partial charge is 0.224 e. The number of nitrogens with one attached hydrogen (secondary N) is 1. The first-order chi connectivity index (χ1) is 10.6. The summed E-state index contributed by atoms with van der Waals surface area (Å²) in [5.41, 5.74) is 0.656. The van der Waals surface area contributed by atoms with Crippen molar-refractivity contribution in [1.29, 1.82) is 0 Å². The van der Waals surface area contributed by atoms with Gasteiger partial charge in [-0.3, -0.25) is 0 Å². The molecule has 23 heavy (non-hydrogen) atoms. The number of hydrogen-bond acceptors (Lipinski definition) is 4. The van der Waals surface area contributed by atoms with E-state index in [2.05, 4.69) is 4.72 Å². The Morgan fingerprint density at radius 3 is 2.09 bits per heavy atom. The average molecular weight is 374 g/mol. The van der Waals surface area contributed by atoms with Crippen LogP contribution in [0.4, 0.5) is 0 Å². The third-order valence-electron chi connectivity index (χ3n) is 3.25. The molecule has 0 aliphatic heterocycles. The van der Waals surface area contributed by atoms with Gasteiger partial charge in [-0.15, -0.1) is 0 Å². The molecular weight excluding hydrogens is 358 g/mol. The zero-order valence-electron chi connectivity index (χ0n) is 12.5. The molecule has 0 bridgehead atoms. The first kappa shape index (κ1) is 17.9. The molecule has 2 aromatic rings. The maximum Gasteiger partial charge on any atom is 0.241 e. The first-order valence-electron chi connectivity index (χ1n) is 6.67. The molecule has 8 heteroatoms. The van der Waals surface area contributed by atoms with Crippen LogP contribution in [0, 0.1) is 0 Å². The Bertz CT molecular complexity index is 907. The van der Waals surface area contributed by atoms with Crippen LogP contribution in [-0.2, 0) is 19.9 Å². The third-order valence-corrected chi connectivity index (χ3v) is 6.15. The Morgan fingerprint density at radius 1 is 0.957 bits per heavy atom. The molecule has 0 heterocycles. The first-order valence-corrected chi connectivity index (χ1v) is 10.4. The Labute approximate surface area is 141 Å². The quantitative estimate of drug-likeness (QED) is 0.873. The minimum absolute atomic E-state index is 0.0737. The molecule has 2 rings (SSSR count). The van der Waals surface area contributed by atoms with Crippen molar-refractivity contribution >= 4 is 31.5 Å². The fourth-order valence-corrected chi connectivity index (χ4v) is 4.17. The number of sulfone groups is 1. The van der Waals surface area contributed by atoms with Crippen molar-refractivity contribution < 1.29 is 16.8 Å². The van der Waals surface area contributed by atoms with Crippen LogP contribution < -0.4 is 4.72 Å². The highest BCUT2D eigenvalue weighted by atomic mass is 35.5. The van der Waals surface area contributed by atoms with Gasteiger partial charge < -0.3 is 0 Å². The molecule has 0 saturated heterocycles. The highest BCUT2D eigenvalue weighted by Gasteiger charge is 2.19. The highest BCUT2D eigenvalue weighted by Crippen LogP contribution is 2.20. The lowest BCUT2D eigenvalue weighted by Crippen LogP contribution is -2.26. The molecule has 5 nitrogen and oxygen atoms in total. The molecule has 0 fully saturated rings. The van der Waals surface area contributed by atoms with E-state index in [4.69, 9.17) is 11.6 Å². The van der Waals surface area contributed by atoms with E-state index in [1.54, 1.807) is 31.2 Å². The molecular formula is C15H16ClNO4S2. The summed E-state index contributed by atoms with van der Waals surface area (Å²) >= 11 is 5.82. The van der Waals surface area contributed by atoms with Crippen LogP contribution in [0.2, 0.25) is 5.02 Å². The van der Waals surface area contributed by atoms with E-state index in [1.165, 1.54) is 24.3 Å². The number of halogens is 1. The zero-order chi connectivity index (χ0) is 17.3. The van der Waals surface area contributed by atoms with Gasteiger partial charge in [0.05, 0.1) is 9.79 Å². The molecule has 0 saturated carbocycles. The Kier molecular flexibility index (Phi) is 5.15. The maximum absolute atomic E-state index is 12.3. The van der Waals surface area contributed by atoms with Crippen LogP contribution in [-0.4, -0.2) is 23.1 Å². The molecule has 0 spiro atoms. The minimum Gasteiger partial charge on any atom is -0.224 e. The summed E-state index contributed by atoms with van der Waals surface area (Å²) in [5.74, 6) is 0. The van der Waals surface area contributed by atoms with Crippen molar-refractivity contribution in [1.82, 2.24) is 4.72 Å². The van der Waals surface area contributed by atoms with Gasteiger partial charge >= 0.3 is 0 Å². The molecule has 1 atom stereocenters. The van der Waals surface area contributed by atoms with Gasteiger partial charge in [-0.2, -0.15) is 0 Å². The summed E-state index contributed by atoms with van der Waals surface area (Å²) < 4.78 is 50.1. The summed E-state index contributed by atoms with van der Waals surface area (Å²) in [4.78, 5) is 0.260. The summed E-state index contributed by atoms with van der Waals surface area (Å²) in [5, 5.41) is 0.332. The highest BCUT2D eigenvalue weighted by molar-refractivity contribution is 7.90. The Hall–Kier alpha value is -1.41. The Morgan fingerprint density at radius 2 is 1.57 bits per heavy atom. The molecule has 124 valence electrons. The molecule has 1 unspecified atom stereocenters. The molecule has 0 aromatic heterocycles. The van der Waals surface area contributed by atoms with Gasteiger partial charge in [0.1, 0.15) is 0 Å². The van der Waals surface area contributed by atoms with Gasteiger partial charge in [0.2, 0.25) is 10.0 Å². The predicted molar refractivity (Wildman–Crippen MR) is 89.7 cm³/mol. The van der Waals surface area contributed by atoms with Crippen LogP contribution >= 0.6 is 11.6 Å². The van der Waals surface area contributed by atoms with E-state index < -0.39 is 25.9 Å². The molecule has 0 aliphatic carbocycles. The number of sulfonamides is 1. The molecule has 0 aliphatic rings. The van der Waals surface area contributed by atoms with Gasteiger partial charge in [0.15, 0.2) is 9.84 Å². The van der Waals surface area contributed by atoms with Crippen molar-refractivity contribution in [2.75, 3.05) is 6.26 Å². The van der Waals surface area contributed by atoms with E-state index >= 15 is 0 Å². The van der Waals surface area contributed by atoms with Crippen molar-refractivity contribution in [2.45, 2.75) is 22.8 Å². The normalized spacial score (nSPS) is 13.7. The van der Waals surface area contributed by atoms with Crippen LogP contribution in [0.15, 0.2) is 58.3 Å². The fourth-order valence-electron chi connectivity index (χ4n) is 2.01. The standard InChI is InChI=1S/C15H16ClNO4S2/c1-11(12-6-8-14(9-7-12)22(2,18)19)17-23(20,21)15-5-3-4-13(16)10-15/h3-11,17H,1-2H3. The number of hydrogen-bond donors (Lipinski definition) is 1. The Balaban J connectivity index is 2.23. The van der Waals surface area contributed by atoms with Gasteiger partial charge in [0, 0.05) is 17.3 Å². The van der Waals surface area contributed by atoms with Gasteiger partial charge in [-0.05, 0) is 42.8 Å². The second-order valence-electron chi connectivity index (χ2n) is 5.14.